The first-order valence-corrected chi connectivity index (χ1v) is 10.9. The highest BCUT2D eigenvalue weighted by atomic mass is 35.5. The molecule has 28 heavy (non-hydrogen) atoms. The zero-order valence-corrected chi connectivity index (χ0v) is 17.0. The van der Waals surface area contributed by atoms with Gasteiger partial charge in [-0.2, -0.15) is 4.31 Å². The second-order valence-corrected chi connectivity index (χ2v) is 8.81. The molecule has 1 fully saturated rings. The number of nitrogens with zero attached hydrogens (tertiary/aromatic N) is 2. The summed E-state index contributed by atoms with van der Waals surface area (Å²) < 4.78 is 32.4. The summed E-state index contributed by atoms with van der Waals surface area (Å²) in [6, 6.07) is 9.67. The minimum Gasteiger partial charge on any atom is -0.494 e. The lowest BCUT2D eigenvalue weighted by atomic mass is 9.97. The summed E-state index contributed by atoms with van der Waals surface area (Å²) in [4.78, 5) is 16.7. The standard InChI is InChI=1S/C19H22ClN3O4S/c1-2-27-16-4-6-17(7-5-16)28(25,26)23-11-9-14(10-12-23)19(24)22-18-8-3-15(20)13-21-18/h3-8,13-14H,2,9-12H2,1H3,(H,21,22,24). The quantitative estimate of drug-likeness (QED) is 0.770. The van der Waals surface area contributed by atoms with Crippen molar-refractivity contribution in [3.05, 3.63) is 47.6 Å². The number of carbonyl (C=O) groups excluding carboxylic acids is 1. The highest BCUT2D eigenvalue weighted by Gasteiger charge is 2.32. The third kappa shape index (κ3) is 4.81. The van der Waals surface area contributed by atoms with Crippen LogP contribution in [0.2, 0.25) is 5.02 Å². The van der Waals surface area contributed by atoms with Crippen molar-refractivity contribution in [1.82, 2.24) is 9.29 Å². The molecule has 0 unspecified atom stereocenters. The van der Waals surface area contributed by atoms with Gasteiger partial charge >= 0.3 is 0 Å². The number of ether oxygens (including phenoxy) is 1. The van der Waals surface area contributed by atoms with E-state index in [1.54, 1.807) is 36.4 Å². The summed E-state index contributed by atoms with van der Waals surface area (Å²) >= 11 is 5.79. The molecule has 3 rings (SSSR count). The molecule has 2 aromatic rings. The molecule has 0 aliphatic carbocycles. The normalized spacial score (nSPS) is 15.9. The predicted molar refractivity (Wildman–Crippen MR) is 107 cm³/mol. The first kappa shape index (κ1) is 20.6. The maximum atomic E-state index is 12.8. The number of anilines is 1. The molecule has 1 aliphatic rings. The number of hydrogen-bond acceptors (Lipinski definition) is 5. The molecule has 1 aliphatic heterocycles. The van der Waals surface area contributed by atoms with Crippen LogP contribution in [0, 0.1) is 5.92 Å². The summed E-state index contributed by atoms with van der Waals surface area (Å²) in [5, 5.41) is 3.24. The zero-order valence-electron chi connectivity index (χ0n) is 15.5. The molecule has 0 saturated carbocycles. The molecular weight excluding hydrogens is 402 g/mol. The van der Waals surface area contributed by atoms with Gasteiger partial charge in [-0.25, -0.2) is 13.4 Å². The second kappa shape index (κ2) is 8.89. The Kier molecular flexibility index (Phi) is 6.53. The summed E-state index contributed by atoms with van der Waals surface area (Å²) in [5.74, 6) is 0.642. The number of aromatic nitrogens is 1. The lowest BCUT2D eigenvalue weighted by Crippen LogP contribution is -2.41. The van der Waals surface area contributed by atoms with Gasteiger partial charge in [-0.15, -0.1) is 0 Å². The lowest BCUT2D eigenvalue weighted by Gasteiger charge is -2.30. The number of pyridine rings is 1. The molecule has 2 heterocycles. The summed E-state index contributed by atoms with van der Waals surface area (Å²) in [7, 11) is -3.59. The van der Waals surface area contributed by atoms with Gasteiger partial charge in [0.2, 0.25) is 15.9 Å². The van der Waals surface area contributed by atoms with Crippen LogP contribution in [0.15, 0.2) is 47.5 Å². The Labute approximate surface area is 169 Å². The Balaban J connectivity index is 1.59. The molecule has 150 valence electrons. The van der Waals surface area contributed by atoms with Gasteiger partial charge in [-0.05, 0) is 56.2 Å². The van der Waals surface area contributed by atoms with Crippen LogP contribution in [0.1, 0.15) is 19.8 Å². The molecular formula is C19H22ClN3O4S. The number of sulfonamides is 1. The molecule has 9 heteroatoms. The Bertz CT molecular complexity index is 909. The highest BCUT2D eigenvalue weighted by molar-refractivity contribution is 7.89. The molecule has 7 nitrogen and oxygen atoms in total. The van der Waals surface area contributed by atoms with E-state index in [1.165, 1.54) is 10.5 Å². The summed E-state index contributed by atoms with van der Waals surface area (Å²) in [6.07, 6.45) is 2.37. The van der Waals surface area contributed by atoms with Crippen molar-refractivity contribution >= 4 is 33.3 Å². The number of nitrogens with one attached hydrogen (secondary N) is 1. The van der Waals surface area contributed by atoms with Crippen LogP contribution in [-0.4, -0.2) is 43.3 Å². The third-order valence-corrected chi connectivity index (χ3v) is 6.71. The minimum absolute atomic E-state index is 0.159. The average Bonchev–Trinajstić information content (AvgIpc) is 2.70. The van der Waals surface area contributed by atoms with E-state index in [0.717, 1.165) is 0 Å². The van der Waals surface area contributed by atoms with Crippen molar-refractivity contribution in [2.75, 3.05) is 25.0 Å². The van der Waals surface area contributed by atoms with E-state index in [1.807, 2.05) is 6.92 Å². The number of amides is 1. The fourth-order valence-electron chi connectivity index (χ4n) is 3.06. The Hall–Kier alpha value is -2.16. The molecule has 1 aromatic carbocycles. The van der Waals surface area contributed by atoms with E-state index >= 15 is 0 Å². The topological polar surface area (TPSA) is 88.6 Å². The van der Waals surface area contributed by atoms with Crippen LogP contribution in [0.3, 0.4) is 0 Å². The lowest BCUT2D eigenvalue weighted by molar-refractivity contribution is -0.120. The number of piperidine rings is 1. The van der Waals surface area contributed by atoms with E-state index in [-0.39, 0.29) is 16.7 Å². The maximum absolute atomic E-state index is 12.8. The first-order valence-electron chi connectivity index (χ1n) is 9.05. The average molecular weight is 424 g/mol. The molecule has 0 radical (unpaired) electrons. The van der Waals surface area contributed by atoms with Crippen LogP contribution in [-0.2, 0) is 14.8 Å². The molecule has 1 saturated heterocycles. The fourth-order valence-corrected chi connectivity index (χ4v) is 4.64. The monoisotopic (exact) mass is 423 g/mol. The van der Waals surface area contributed by atoms with Crippen molar-refractivity contribution in [2.24, 2.45) is 5.92 Å². The van der Waals surface area contributed by atoms with Crippen LogP contribution in [0.5, 0.6) is 5.75 Å². The van der Waals surface area contributed by atoms with Gasteiger partial charge in [-0.1, -0.05) is 11.6 Å². The van der Waals surface area contributed by atoms with Gasteiger partial charge < -0.3 is 10.1 Å². The Morgan fingerprint density at radius 1 is 1.21 bits per heavy atom. The van der Waals surface area contributed by atoms with E-state index in [4.69, 9.17) is 16.3 Å². The van der Waals surface area contributed by atoms with Crippen molar-refractivity contribution in [2.45, 2.75) is 24.7 Å². The van der Waals surface area contributed by atoms with Crippen LogP contribution >= 0.6 is 11.6 Å². The highest BCUT2D eigenvalue weighted by Crippen LogP contribution is 2.26. The predicted octanol–water partition coefficient (Wildman–Crippen LogP) is 3.17. The van der Waals surface area contributed by atoms with Crippen LogP contribution < -0.4 is 10.1 Å². The van der Waals surface area contributed by atoms with Gasteiger partial charge in [0.05, 0.1) is 16.5 Å². The molecule has 1 amide bonds. The van der Waals surface area contributed by atoms with E-state index in [0.29, 0.717) is 49.1 Å². The van der Waals surface area contributed by atoms with Gasteiger partial charge in [0.25, 0.3) is 0 Å². The number of rotatable bonds is 6. The smallest absolute Gasteiger partial charge is 0.243 e. The summed E-state index contributed by atoms with van der Waals surface area (Å²) in [5.41, 5.74) is 0. The van der Waals surface area contributed by atoms with Gasteiger partial charge in [-0.3, -0.25) is 4.79 Å². The number of hydrogen-bond donors (Lipinski definition) is 1. The molecule has 0 bridgehead atoms. The molecule has 0 atom stereocenters. The Morgan fingerprint density at radius 2 is 1.89 bits per heavy atom. The zero-order chi connectivity index (χ0) is 20.1. The van der Waals surface area contributed by atoms with Gasteiger partial charge in [0, 0.05) is 25.2 Å². The van der Waals surface area contributed by atoms with Gasteiger partial charge in [0.1, 0.15) is 11.6 Å². The first-order chi connectivity index (χ1) is 13.4. The minimum atomic E-state index is -3.59. The van der Waals surface area contributed by atoms with Crippen molar-refractivity contribution in [3.8, 4) is 5.75 Å². The summed E-state index contributed by atoms with van der Waals surface area (Å²) in [6.45, 7) is 2.98. The van der Waals surface area contributed by atoms with E-state index < -0.39 is 10.0 Å². The van der Waals surface area contributed by atoms with Crippen LogP contribution in [0.4, 0.5) is 5.82 Å². The van der Waals surface area contributed by atoms with Gasteiger partial charge in [0.15, 0.2) is 0 Å². The van der Waals surface area contributed by atoms with E-state index in [2.05, 4.69) is 10.3 Å². The van der Waals surface area contributed by atoms with Crippen molar-refractivity contribution in [3.63, 3.8) is 0 Å². The second-order valence-electron chi connectivity index (χ2n) is 6.43. The van der Waals surface area contributed by atoms with E-state index in [9.17, 15) is 13.2 Å². The third-order valence-electron chi connectivity index (χ3n) is 4.58. The Morgan fingerprint density at radius 3 is 2.46 bits per heavy atom. The molecule has 0 spiro atoms. The SMILES string of the molecule is CCOc1ccc(S(=O)(=O)N2CCC(C(=O)Nc3ccc(Cl)cn3)CC2)cc1. The number of benzene rings is 1. The molecule has 1 aromatic heterocycles. The van der Waals surface area contributed by atoms with Crippen LogP contribution in [0.25, 0.3) is 0 Å². The number of halogens is 1. The molecule has 1 N–H and O–H groups in total. The fraction of sp³-hybridized carbons (Fsp3) is 0.368. The largest absolute Gasteiger partial charge is 0.494 e. The van der Waals surface area contributed by atoms with Crippen molar-refractivity contribution in [1.29, 1.82) is 0 Å². The number of carbonyl (C=O) groups is 1. The maximum Gasteiger partial charge on any atom is 0.243 e. The van der Waals surface area contributed by atoms with Crippen molar-refractivity contribution < 1.29 is 17.9 Å².